The van der Waals surface area contributed by atoms with Crippen LogP contribution >= 0.6 is 0 Å². The van der Waals surface area contributed by atoms with E-state index in [2.05, 4.69) is 0 Å². The second-order valence-electron chi connectivity index (χ2n) is 8.41. The van der Waals surface area contributed by atoms with Gasteiger partial charge in [-0.05, 0) is 63.1 Å². The number of hydrogen-bond donors (Lipinski definition) is 0. The molecule has 0 fully saturated rings. The van der Waals surface area contributed by atoms with Gasteiger partial charge in [0.15, 0.2) is 0 Å². The molecular formula is C24H28F2O4. The van der Waals surface area contributed by atoms with Crippen molar-refractivity contribution in [3.63, 3.8) is 0 Å². The summed E-state index contributed by atoms with van der Waals surface area (Å²) in [7, 11) is 0. The maximum absolute atomic E-state index is 13.4. The Kier molecular flexibility index (Phi) is 7.71. The number of halogens is 2. The second-order valence-corrected chi connectivity index (χ2v) is 8.41. The highest BCUT2D eigenvalue weighted by atomic mass is 19.1. The Morgan fingerprint density at radius 2 is 1.30 bits per heavy atom. The van der Waals surface area contributed by atoms with E-state index in [9.17, 15) is 18.4 Å². The van der Waals surface area contributed by atoms with Gasteiger partial charge in [-0.15, -0.1) is 0 Å². The zero-order valence-corrected chi connectivity index (χ0v) is 17.9. The predicted molar refractivity (Wildman–Crippen MR) is 110 cm³/mol. The quantitative estimate of drug-likeness (QED) is 0.565. The number of benzene rings is 2. The Bertz CT molecular complexity index is 809. The van der Waals surface area contributed by atoms with Crippen LogP contribution in [0.4, 0.5) is 8.78 Å². The smallest absolute Gasteiger partial charge is 0.309 e. The van der Waals surface area contributed by atoms with Crippen LogP contribution in [0.15, 0.2) is 48.5 Å². The molecule has 2 atom stereocenters. The molecule has 0 saturated carbocycles. The highest BCUT2D eigenvalue weighted by molar-refractivity contribution is 5.80. The topological polar surface area (TPSA) is 52.6 Å². The summed E-state index contributed by atoms with van der Waals surface area (Å²) in [6.07, 6.45) is -0.727. The van der Waals surface area contributed by atoms with E-state index in [0.717, 1.165) is 11.1 Å². The van der Waals surface area contributed by atoms with Gasteiger partial charge in [-0.2, -0.15) is 0 Å². The monoisotopic (exact) mass is 418 g/mol. The van der Waals surface area contributed by atoms with E-state index in [4.69, 9.17) is 9.47 Å². The molecule has 0 aliphatic carbocycles. The molecule has 0 spiro atoms. The summed E-state index contributed by atoms with van der Waals surface area (Å²) >= 11 is 0. The lowest BCUT2D eigenvalue weighted by molar-refractivity contribution is -0.163. The number of carbonyl (C=O) groups is 2. The molecule has 30 heavy (non-hydrogen) atoms. The highest BCUT2D eigenvalue weighted by Crippen LogP contribution is 2.31. The van der Waals surface area contributed by atoms with E-state index in [1.54, 1.807) is 58.9 Å². The maximum Gasteiger partial charge on any atom is 0.309 e. The minimum atomic E-state index is -0.690. The predicted octanol–water partition coefficient (Wildman–Crippen LogP) is 5.40. The first-order valence-corrected chi connectivity index (χ1v) is 9.89. The molecule has 0 aliphatic heterocycles. The van der Waals surface area contributed by atoms with Crippen LogP contribution in [0.3, 0.4) is 0 Å². The number of ether oxygens (including phenoxy) is 2. The van der Waals surface area contributed by atoms with Crippen LogP contribution in [0.2, 0.25) is 0 Å². The first-order valence-electron chi connectivity index (χ1n) is 9.89. The molecule has 2 aromatic rings. The van der Waals surface area contributed by atoms with Crippen LogP contribution in [-0.2, 0) is 19.1 Å². The number of rotatable bonds is 7. The zero-order chi connectivity index (χ0) is 22.5. The molecule has 0 bridgehead atoms. The molecule has 0 aromatic heterocycles. The number of carbonyl (C=O) groups excluding carboxylic acids is 2. The third-order valence-electron chi connectivity index (χ3n) is 4.52. The summed E-state index contributed by atoms with van der Waals surface area (Å²) in [5, 5.41) is 0. The third kappa shape index (κ3) is 6.94. The minimum absolute atomic E-state index is 0.0966. The van der Waals surface area contributed by atoms with Crippen molar-refractivity contribution in [1.29, 1.82) is 0 Å². The summed E-state index contributed by atoms with van der Waals surface area (Å²) < 4.78 is 37.7. The van der Waals surface area contributed by atoms with Gasteiger partial charge in [0.2, 0.25) is 0 Å². The Morgan fingerprint density at radius 3 is 1.70 bits per heavy atom. The minimum Gasteiger partial charge on any atom is -0.461 e. The SMILES string of the molecule is CC(CC(=O)OC(C)(C)C)C(=O)O[C@@H](C)C(c1ccc(F)cc1)c1ccc(F)cc1. The fourth-order valence-corrected chi connectivity index (χ4v) is 3.16. The average Bonchev–Trinajstić information content (AvgIpc) is 2.63. The molecule has 0 saturated heterocycles. The molecule has 162 valence electrons. The summed E-state index contributed by atoms with van der Waals surface area (Å²) in [6.45, 7) is 8.59. The lowest BCUT2D eigenvalue weighted by Crippen LogP contribution is -2.30. The molecule has 0 N–H and O–H groups in total. The Balaban J connectivity index is 2.16. The molecule has 0 heterocycles. The van der Waals surface area contributed by atoms with Crippen LogP contribution < -0.4 is 0 Å². The Hall–Kier alpha value is -2.76. The van der Waals surface area contributed by atoms with E-state index < -0.39 is 35.5 Å². The van der Waals surface area contributed by atoms with Crippen molar-refractivity contribution >= 4 is 11.9 Å². The highest BCUT2D eigenvalue weighted by Gasteiger charge is 2.29. The first-order chi connectivity index (χ1) is 14.0. The first kappa shape index (κ1) is 23.5. The van der Waals surface area contributed by atoms with Crippen molar-refractivity contribution in [3.8, 4) is 0 Å². The van der Waals surface area contributed by atoms with Crippen molar-refractivity contribution in [1.82, 2.24) is 0 Å². The van der Waals surface area contributed by atoms with Crippen molar-refractivity contribution in [3.05, 3.63) is 71.3 Å². The Labute approximate surface area is 176 Å². The molecular weight excluding hydrogens is 390 g/mol. The van der Waals surface area contributed by atoms with Gasteiger partial charge in [0.1, 0.15) is 23.3 Å². The van der Waals surface area contributed by atoms with E-state index >= 15 is 0 Å². The van der Waals surface area contributed by atoms with E-state index in [0.29, 0.717) is 0 Å². The molecule has 2 rings (SSSR count). The summed E-state index contributed by atoms with van der Waals surface area (Å²) in [5.41, 5.74) is 0.816. The molecule has 6 heteroatoms. The van der Waals surface area contributed by atoms with Gasteiger partial charge in [-0.3, -0.25) is 9.59 Å². The van der Waals surface area contributed by atoms with Crippen LogP contribution in [0.25, 0.3) is 0 Å². The third-order valence-corrected chi connectivity index (χ3v) is 4.52. The standard InChI is InChI=1S/C24H28F2O4/c1-15(14-21(27)30-24(3,4)5)23(28)29-16(2)22(17-6-10-19(25)11-7-17)18-8-12-20(26)13-9-18/h6-13,15-16,22H,14H2,1-5H3/t15?,16-/m0/s1. The van der Waals surface area contributed by atoms with Gasteiger partial charge in [0.25, 0.3) is 0 Å². The maximum atomic E-state index is 13.4. The van der Waals surface area contributed by atoms with Gasteiger partial charge in [-0.1, -0.05) is 31.2 Å². The van der Waals surface area contributed by atoms with Crippen molar-refractivity contribution in [2.75, 3.05) is 0 Å². The van der Waals surface area contributed by atoms with Crippen molar-refractivity contribution < 1.29 is 27.8 Å². The van der Waals surface area contributed by atoms with E-state index in [-0.39, 0.29) is 18.1 Å². The largest absolute Gasteiger partial charge is 0.461 e. The second kappa shape index (κ2) is 9.83. The Morgan fingerprint density at radius 1 is 0.867 bits per heavy atom. The average molecular weight is 418 g/mol. The summed E-state index contributed by atoms with van der Waals surface area (Å²) in [5.74, 6) is -2.90. The number of esters is 2. The van der Waals surface area contributed by atoms with Crippen LogP contribution in [0, 0.1) is 17.6 Å². The molecule has 4 nitrogen and oxygen atoms in total. The summed E-state index contributed by atoms with van der Waals surface area (Å²) in [4.78, 5) is 24.6. The van der Waals surface area contributed by atoms with Crippen LogP contribution in [0.5, 0.6) is 0 Å². The van der Waals surface area contributed by atoms with Crippen molar-refractivity contribution in [2.45, 2.75) is 58.7 Å². The normalized spacial score (nSPS) is 13.6. The fourth-order valence-electron chi connectivity index (χ4n) is 3.16. The number of hydrogen-bond acceptors (Lipinski definition) is 4. The van der Waals surface area contributed by atoms with Gasteiger partial charge >= 0.3 is 11.9 Å². The van der Waals surface area contributed by atoms with Gasteiger partial charge in [-0.25, -0.2) is 8.78 Å². The van der Waals surface area contributed by atoms with Crippen molar-refractivity contribution in [2.24, 2.45) is 5.92 Å². The molecule has 2 aromatic carbocycles. The zero-order valence-electron chi connectivity index (χ0n) is 17.9. The molecule has 0 radical (unpaired) electrons. The van der Waals surface area contributed by atoms with Crippen LogP contribution in [0.1, 0.15) is 58.1 Å². The van der Waals surface area contributed by atoms with Gasteiger partial charge < -0.3 is 9.47 Å². The molecule has 0 aliphatic rings. The van der Waals surface area contributed by atoms with E-state index in [1.165, 1.54) is 24.3 Å². The van der Waals surface area contributed by atoms with Gasteiger partial charge in [0.05, 0.1) is 12.3 Å². The van der Waals surface area contributed by atoms with E-state index in [1.807, 2.05) is 0 Å². The van der Waals surface area contributed by atoms with Crippen LogP contribution in [-0.4, -0.2) is 23.6 Å². The van der Waals surface area contributed by atoms with Gasteiger partial charge in [0, 0.05) is 5.92 Å². The summed E-state index contributed by atoms with van der Waals surface area (Å²) in [6, 6.07) is 11.7. The fraction of sp³-hybridized carbons (Fsp3) is 0.417. The lowest BCUT2D eigenvalue weighted by Gasteiger charge is -2.26. The molecule has 0 amide bonds. The molecule has 1 unspecified atom stereocenters. The lowest BCUT2D eigenvalue weighted by atomic mass is 9.87.